The lowest BCUT2D eigenvalue weighted by Gasteiger charge is -2.39. The summed E-state index contributed by atoms with van der Waals surface area (Å²) < 4.78 is 5.19. The minimum atomic E-state index is -0.971. The number of phenolic OH excluding ortho intramolecular Hbond substituents is 1. The van der Waals surface area contributed by atoms with Gasteiger partial charge in [0.2, 0.25) is 0 Å². The van der Waals surface area contributed by atoms with Crippen molar-refractivity contribution in [2.75, 3.05) is 7.11 Å². The number of carboxylic acid groups (broad SMARTS) is 1. The van der Waals surface area contributed by atoms with Crippen LogP contribution in [0.5, 0.6) is 11.5 Å². The van der Waals surface area contributed by atoms with Crippen LogP contribution in [0.1, 0.15) is 30.4 Å². The highest BCUT2D eigenvalue weighted by Crippen LogP contribution is 2.51. The van der Waals surface area contributed by atoms with Gasteiger partial charge in [-0.25, -0.2) is 0 Å². The van der Waals surface area contributed by atoms with Gasteiger partial charge in [-0.15, -0.1) is 0 Å². The Morgan fingerprint density at radius 2 is 2.06 bits per heavy atom. The number of aromatic hydroxyl groups is 1. The minimum Gasteiger partial charge on any atom is -0.507 e. The van der Waals surface area contributed by atoms with Gasteiger partial charge in [-0.3, -0.25) is 4.79 Å². The van der Waals surface area contributed by atoms with Crippen LogP contribution in [0, 0.1) is 6.92 Å². The summed E-state index contributed by atoms with van der Waals surface area (Å²) in [6, 6.07) is 3.44. The van der Waals surface area contributed by atoms with E-state index < -0.39 is 11.4 Å². The molecule has 0 spiro atoms. The van der Waals surface area contributed by atoms with Crippen molar-refractivity contribution in [2.45, 2.75) is 31.6 Å². The van der Waals surface area contributed by atoms with Gasteiger partial charge in [0.15, 0.2) is 0 Å². The smallest absolute Gasteiger partial charge is 0.314 e. The number of methoxy groups -OCH3 is 1. The highest BCUT2D eigenvalue weighted by atomic mass is 16.5. The lowest BCUT2D eigenvalue weighted by molar-refractivity contribution is -0.147. The molecule has 1 aromatic rings. The Labute approximate surface area is 99.8 Å². The summed E-state index contributed by atoms with van der Waals surface area (Å²) >= 11 is 0. The average molecular weight is 236 g/mol. The summed E-state index contributed by atoms with van der Waals surface area (Å²) in [4.78, 5) is 11.5. The zero-order valence-corrected chi connectivity index (χ0v) is 9.99. The first-order chi connectivity index (χ1) is 8.03. The second-order valence-corrected chi connectivity index (χ2v) is 4.55. The summed E-state index contributed by atoms with van der Waals surface area (Å²) in [6.45, 7) is 1.76. The molecule has 0 unspecified atom stereocenters. The number of benzene rings is 1. The van der Waals surface area contributed by atoms with Crippen LogP contribution in [0.2, 0.25) is 0 Å². The van der Waals surface area contributed by atoms with E-state index >= 15 is 0 Å². The fraction of sp³-hybridized carbons (Fsp3) is 0.462. The van der Waals surface area contributed by atoms with E-state index in [0.717, 1.165) is 6.42 Å². The van der Waals surface area contributed by atoms with Crippen molar-refractivity contribution in [3.63, 3.8) is 0 Å². The van der Waals surface area contributed by atoms with Crippen LogP contribution in [-0.4, -0.2) is 23.3 Å². The number of rotatable bonds is 3. The monoisotopic (exact) mass is 236 g/mol. The van der Waals surface area contributed by atoms with Crippen LogP contribution in [0.15, 0.2) is 12.1 Å². The first-order valence-corrected chi connectivity index (χ1v) is 5.63. The van der Waals surface area contributed by atoms with Gasteiger partial charge in [0, 0.05) is 0 Å². The Bertz CT molecular complexity index is 461. The zero-order chi connectivity index (χ0) is 12.6. The fourth-order valence-electron chi connectivity index (χ4n) is 2.41. The lowest BCUT2D eigenvalue weighted by atomic mass is 9.63. The average Bonchev–Trinajstić information content (AvgIpc) is 2.22. The molecule has 0 aromatic heterocycles. The van der Waals surface area contributed by atoms with E-state index in [-0.39, 0.29) is 5.75 Å². The van der Waals surface area contributed by atoms with Gasteiger partial charge in [0.25, 0.3) is 0 Å². The number of ether oxygens (including phenoxy) is 1. The molecule has 1 fully saturated rings. The second-order valence-electron chi connectivity index (χ2n) is 4.55. The van der Waals surface area contributed by atoms with Crippen molar-refractivity contribution in [1.29, 1.82) is 0 Å². The van der Waals surface area contributed by atoms with Gasteiger partial charge in [0.05, 0.1) is 18.1 Å². The zero-order valence-electron chi connectivity index (χ0n) is 9.99. The fourth-order valence-corrected chi connectivity index (χ4v) is 2.41. The summed E-state index contributed by atoms with van der Waals surface area (Å²) in [5.41, 5.74) is 0.133. The standard InChI is InChI=1S/C13H16O4/c1-8-4-5-9(17-2)10(11(8)14)13(12(15)16)6-3-7-13/h4-5,14H,3,6-7H2,1-2H3,(H,15,16). The van der Waals surface area contributed by atoms with Crippen molar-refractivity contribution in [3.05, 3.63) is 23.3 Å². The quantitative estimate of drug-likeness (QED) is 0.844. The van der Waals surface area contributed by atoms with Gasteiger partial charge in [-0.1, -0.05) is 12.5 Å². The first kappa shape index (κ1) is 11.8. The van der Waals surface area contributed by atoms with E-state index in [4.69, 9.17) is 4.74 Å². The van der Waals surface area contributed by atoms with Gasteiger partial charge >= 0.3 is 5.97 Å². The SMILES string of the molecule is COc1ccc(C)c(O)c1C1(C(=O)O)CCC1. The third kappa shape index (κ3) is 1.55. The molecule has 92 valence electrons. The van der Waals surface area contributed by atoms with Crippen molar-refractivity contribution < 1.29 is 19.7 Å². The van der Waals surface area contributed by atoms with Crippen LogP contribution >= 0.6 is 0 Å². The summed E-state index contributed by atoms with van der Waals surface area (Å²) in [7, 11) is 1.49. The van der Waals surface area contributed by atoms with Crippen molar-refractivity contribution in [1.82, 2.24) is 0 Å². The Morgan fingerprint density at radius 3 is 2.47 bits per heavy atom. The number of hydrogen-bond acceptors (Lipinski definition) is 3. The molecule has 1 saturated carbocycles. The number of phenols is 1. The molecule has 2 N–H and O–H groups in total. The topological polar surface area (TPSA) is 66.8 Å². The van der Waals surface area contributed by atoms with Crippen molar-refractivity contribution in [2.24, 2.45) is 0 Å². The van der Waals surface area contributed by atoms with Gasteiger partial charge in [-0.2, -0.15) is 0 Å². The molecule has 0 bridgehead atoms. The molecular formula is C13H16O4. The molecule has 0 atom stereocenters. The van der Waals surface area contributed by atoms with E-state index in [0.29, 0.717) is 29.7 Å². The molecule has 0 heterocycles. The van der Waals surface area contributed by atoms with E-state index in [1.807, 2.05) is 0 Å². The molecule has 4 nitrogen and oxygen atoms in total. The molecule has 1 aliphatic carbocycles. The Balaban J connectivity index is 2.64. The van der Waals surface area contributed by atoms with Gasteiger partial charge < -0.3 is 14.9 Å². The van der Waals surface area contributed by atoms with Crippen molar-refractivity contribution >= 4 is 5.97 Å². The molecule has 0 radical (unpaired) electrons. The molecule has 0 saturated heterocycles. The third-order valence-corrected chi connectivity index (χ3v) is 3.66. The third-order valence-electron chi connectivity index (χ3n) is 3.66. The van der Waals surface area contributed by atoms with Gasteiger partial charge in [0.1, 0.15) is 11.5 Å². The number of carboxylic acids is 1. The van der Waals surface area contributed by atoms with E-state index in [1.165, 1.54) is 7.11 Å². The van der Waals surface area contributed by atoms with Crippen LogP contribution in [-0.2, 0) is 10.2 Å². The minimum absolute atomic E-state index is 0.0476. The maximum atomic E-state index is 11.5. The Morgan fingerprint density at radius 1 is 1.41 bits per heavy atom. The van der Waals surface area contributed by atoms with E-state index in [2.05, 4.69) is 0 Å². The lowest BCUT2D eigenvalue weighted by Crippen LogP contribution is -2.42. The molecular weight excluding hydrogens is 220 g/mol. The van der Waals surface area contributed by atoms with Crippen LogP contribution in [0.4, 0.5) is 0 Å². The maximum absolute atomic E-state index is 11.5. The molecule has 4 heteroatoms. The largest absolute Gasteiger partial charge is 0.507 e. The van der Waals surface area contributed by atoms with Gasteiger partial charge in [-0.05, 0) is 31.4 Å². The number of aryl methyl sites for hydroxylation is 1. The number of aliphatic carboxylic acids is 1. The van der Waals surface area contributed by atoms with Crippen LogP contribution in [0.25, 0.3) is 0 Å². The predicted molar refractivity (Wildman–Crippen MR) is 62.6 cm³/mol. The first-order valence-electron chi connectivity index (χ1n) is 5.63. The molecule has 1 aromatic carbocycles. The number of hydrogen-bond donors (Lipinski definition) is 2. The van der Waals surface area contributed by atoms with Crippen LogP contribution in [0.3, 0.4) is 0 Å². The highest BCUT2D eigenvalue weighted by molar-refractivity contribution is 5.85. The Hall–Kier alpha value is -1.71. The van der Waals surface area contributed by atoms with Crippen molar-refractivity contribution in [3.8, 4) is 11.5 Å². The summed E-state index contributed by atoms with van der Waals surface area (Å²) in [6.07, 6.45) is 1.97. The van der Waals surface area contributed by atoms with Crippen LogP contribution < -0.4 is 4.74 Å². The molecule has 2 rings (SSSR count). The van der Waals surface area contributed by atoms with E-state index in [9.17, 15) is 15.0 Å². The number of carbonyl (C=O) groups is 1. The maximum Gasteiger partial charge on any atom is 0.314 e. The molecule has 0 amide bonds. The normalized spacial score (nSPS) is 17.3. The Kier molecular flexibility index (Phi) is 2.73. The van der Waals surface area contributed by atoms with E-state index in [1.54, 1.807) is 19.1 Å². The summed E-state index contributed by atoms with van der Waals surface area (Å²) in [5.74, 6) is -0.385. The predicted octanol–water partition coefficient (Wildman–Crippen LogP) is 2.22. The summed E-state index contributed by atoms with van der Waals surface area (Å²) in [5, 5.41) is 19.5. The molecule has 17 heavy (non-hydrogen) atoms. The second kappa shape index (κ2) is 3.95. The molecule has 0 aliphatic heterocycles. The highest BCUT2D eigenvalue weighted by Gasteiger charge is 2.49. The molecule has 1 aliphatic rings.